The molecule has 1 aromatic rings. The van der Waals surface area contributed by atoms with Crippen molar-refractivity contribution in [2.24, 2.45) is 0 Å². The Labute approximate surface area is 109 Å². The van der Waals surface area contributed by atoms with E-state index in [1.807, 2.05) is 6.92 Å². The number of aliphatic hydroxyl groups excluding tert-OH is 1. The zero-order valence-corrected chi connectivity index (χ0v) is 11.3. The molecule has 16 heavy (non-hydrogen) atoms. The van der Waals surface area contributed by atoms with Gasteiger partial charge in [0.15, 0.2) is 0 Å². The first-order valence-corrected chi connectivity index (χ1v) is 6.64. The maximum absolute atomic E-state index is 10.1. The number of aliphatic hydroxyl groups is 1. The van der Waals surface area contributed by atoms with Gasteiger partial charge < -0.3 is 9.84 Å². The van der Waals surface area contributed by atoms with Gasteiger partial charge in [0.25, 0.3) is 0 Å². The quantitative estimate of drug-likeness (QED) is 0.889. The van der Waals surface area contributed by atoms with Crippen molar-refractivity contribution < 1.29 is 9.84 Å². The second-order valence-electron chi connectivity index (χ2n) is 3.63. The monoisotopic (exact) mass is 278 g/mol. The van der Waals surface area contributed by atoms with Gasteiger partial charge in [0, 0.05) is 15.7 Å². The van der Waals surface area contributed by atoms with Crippen LogP contribution in [0.25, 0.3) is 0 Å². The minimum Gasteiger partial charge on any atom is -0.495 e. The van der Waals surface area contributed by atoms with Crippen LogP contribution >= 0.6 is 35.0 Å². The van der Waals surface area contributed by atoms with Crippen LogP contribution in [0.5, 0.6) is 5.75 Å². The molecule has 1 aliphatic rings. The number of hydrogen-bond acceptors (Lipinski definition) is 3. The Morgan fingerprint density at radius 1 is 1.44 bits per heavy atom. The third-order valence-electron chi connectivity index (χ3n) is 2.72. The highest BCUT2D eigenvalue weighted by Gasteiger charge is 2.34. The maximum Gasteiger partial charge on any atom is 0.139 e. The topological polar surface area (TPSA) is 29.5 Å². The first kappa shape index (κ1) is 12.4. The molecule has 2 nitrogen and oxygen atoms in total. The lowest BCUT2D eigenvalue weighted by Crippen LogP contribution is -2.07. The average molecular weight is 279 g/mol. The highest BCUT2D eigenvalue weighted by molar-refractivity contribution is 8.00. The predicted octanol–water partition coefficient (Wildman–Crippen LogP) is 3.92. The fourth-order valence-electron chi connectivity index (χ4n) is 1.82. The Hall–Kier alpha value is -0.0900. The molecule has 0 radical (unpaired) electrons. The molecule has 0 aliphatic carbocycles. The smallest absolute Gasteiger partial charge is 0.139 e. The SMILES string of the molecule is CCC1Sc2c(cc(OC)c(Cl)c2Cl)C1O. The van der Waals surface area contributed by atoms with Crippen LogP contribution < -0.4 is 4.74 Å². The van der Waals surface area contributed by atoms with Crippen LogP contribution in [0, 0.1) is 0 Å². The number of thioether (sulfide) groups is 1. The molecule has 0 saturated carbocycles. The van der Waals surface area contributed by atoms with Crippen molar-refractivity contribution in [2.75, 3.05) is 7.11 Å². The molecule has 2 atom stereocenters. The lowest BCUT2D eigenvalue weighted by molar-refractivity contribution is 0.174. The zero-order valence-electron chi connectivity index (χ0n) is 8.96. The van der Waals surface area contributed by atoms with Crippen molar-refractivity contribution in [3.63, 3.8) is 0 Å². The number of rotatable bonds is 2. The largest absolute Gasteiger partial charge is 0.495 e. The fraction of sp³-hybridized carbons (Fsp3) is 0.455. The van der Waals surface area contributed by atoms with Crippen molar-refractivity contribution in [3.8, 4) is 5.75 Å². The Morgan fingerprint density at radius 3 is 2.69 bits per heavy atom. The van der Waals surface area contributed by atoms with Crippen molar-refractivity contribution in [2.45, 2.75) is 29.6 Å². The molecule has 2 rings (SSSR count). The molecule has 0 amide bonds. The van der Waals surface area contributed by atoms with E-state index in [2.05, 4.69) is 0 Å². The summed E-state index contributed by atoms with van der Waals surface area (Å²) < 4.78 is 5.13. The number of benzene rings is 1. The molecule has 0 saturated heterocycles. The predicted molar refractivity (Wildman–Crippen MR) is 67.9 cm³/mol. The van der Waals surface area contributed by atoms with Crippen molar-refractivity contribution in [1.29, 1.82) is 0 Å². The van der Waals surface area contributed by atoms with Crippen LogP contribution in [0.1, 0.15) is 25.0 Å². The Balaban J connectivity index is 2.54. The van der Waals surface area contributed by atoms with E-state index in [1.165, 1.54) is 7.11 Å². The molecular weight excluding hydrogens is 267 g/mol. The summed E-state index contributed by atoms with van der Waals surface area (Å²) in [6.45, 7) is 2.04. The van der Waals surface area contributed by atoms with Crippen molar-refractivity contribution in [1.82, 2.24) is 0 Å². The summed E-state index contributed by atoms with van der Waals surface area (Å²) in [5.74, 6) is 0.516. The van der Waals surface area contributed by atoms with E-state index in [4.69, 9.17) is 27.9 Å². The summed E-state index contributed by atoms with van der Waals surface area (Å²) in [4.78, 5) is 0.881. The molecule has 0 bridgehead atoms. The number of hydrogen-bond donors (Lipinski definition) is 1. The van der Waals surface area contributed by atoms with Gasteiger partial charge in [-0.25, -0.2) is 0 Å². The van der Waals surface area contributed by atoms with Crippen LogP contribution in [-0.4, -0.2) is 17.5 Å². The van der Waals surface area contributed by atoms with Gasteiger partial charge in [-0.15, -0.1) is 11.8 Å². The average Bonchev–Trinajstić information content (AvgIpc) is 2.61. The summed E-state index contributed by atoms with van der Waals surface area (Å²) >= 11 is 13.8. The van der Waals surface area contributed by atoms with Gasteiger partial charge in [0.05, 0.1) is 18.2 Å². The van der Waals surface area contributed by atoms with Crippen LogP contribution in [0.15, 0.2) is 11.0 Å². The number of halogens is 2. The summed E-state index contributed by atoms with van der Waals surface area (Å²) in [7, 11) is 1.54. The number of ether oxygens (including phenoxy) is 1. The van der Waals surface area contributed by atoms with E-state index < -0.39 is 6.10 Å². The third-order valence-corrected chi connectivity index (χ3v) is 5.25. The Morgan fingerprint density at radius 2 is 2.12 bits per heavy atom. The van der Waals surface area contributed by atoms with E-state index in [1.54, 1.807) is 17.8 Å². The molecule has 1 heterocycles. The molecule has 0 aromatic heterocycles. The molecule has 2 unspecified atom stereocenters. The molecule has 1 aromatic carbocycles. The summed E-state index contributed by atoms with van der Waals surface area (Å²) in [5.41, 5.74) is 0.822. The van der Waals surface area contributed by atoms with Gasteiger partial charge in [0.1, 0.15) is 10.8 Å². The van der Waals surface area contributed by atoms with E-state index in [0.29, 0.717) is 15.8 Å². The van der Waals surface area contributed by atoms with Crippen LogP contribution in [-0.2, 0) is 0 Å². The Kier molecular flexibility index (Phi) is 3.59. The van der Waals surface area contributed by atoms with Crippen LogP contribution in [0.3, 0.4) is 0 Å². The van der Waals surface area contributed by atoms with Crippen LogP contribution in [0.2, 0.25) is 10.0 Å². The van der Waals surface area contributed by atoms with Crippen molar-refractivity contribution >= 4 is 35.0 Å². The Bertz CT molecular complexity index is 423. The van der Waals surface area contributed by atoms with Crippen LogP contribution in [0.4, 0.5) is 0 Å². The zero-order chi connectivity index (χ0) is 11.9. The second kappa shape index (κ2) is 4.65. The van der Waals surface area contributed by atoms with Crippen molar-refractivity contribution in [3.05, 3.63) is 21.7 Å². The number of methoxy groups -OCH3 is 1. The van der Waals surface area contributed by atoms with Gasteiger partial charge in [-0.1, -0.05) is 30.1 Å². The van der Waals surface area contributed by atoms with E-state index >= 15 is 0 Å². The standard InChI is InChI=1S/C11H12Cl2O2S/c1-3-7-10(14)5-4-6(15-2)8(12)9(13)11(5)16-7/h4,7,10,14H,3H2,1-2H3. The number of fused-ring (bicyclic) bond motifs is 1. The molecular formula is C11H12Cl2O2S. The minimum atomic E-state index is -0.492. The second-order valence-corrected chi connectivity index (χ2v) is 5.64. The first-order valence-electron chi connectivity index (χ1n) is 5.00. The highest BCUT2D eigenvalue weighted by atomic mass is 35.5. The van der Waals surface area contributed by atoms with E-state index in [0.717, 1.165) is 16.9 Å². The summed E-state index contributed by atoms with van der Waals surface area (Å²) in [6, 6.07) is 1.77. The van der Waals surface area contributed by atoms with Gasteiger partial charge >= 0.3 is 0 Å². The molecule has 88 valence electrons. The normalized spacial score (nSPS) is 23.3. The van der Waals surface area contributed by atoms with E-state index in [9.17, 15) is 5.11 Å². The molecule has 0 spiro atoms. The maximum atomic E-state index is 10.1. The summed E-state index contributed by atoms with van der Waals surface area (Å²) in [5, 5.41) is 11.1. The molecule has 1 aliphatic heterocycles. The van der Waals surface area contributed by atoms with Gasteiger partial charge in [-0.3, -0.25) is 0 Å². The third kappa shape index (κ3) is 1.80. The molecule has 5 heteroatoms. The summed E-state index contributed by atoms with van der Waals surface area (Å²) in [6.07, 6.45) is 0.394. The highest BCUT2D eigenvalue weighted by Crippen LogP contribution is 2.52. The van der Waals surface area contributed by atoms with Gasteiger partial charge in [0.2, 0.25) is 0 Å². The van der Waals surface area contributed by atoms with Gasteiger partial charge in [-0.05, 0) is 12.5 Å². The lowest BCUT2D eigenvalue weighted by Gasteiger charge is -2.11. The molecule has 1 N–H and O–H groups in total. The van der Waals surface area contributed by atoms with Gasteiger partial charge in [-0.2, -0.15) is 0 Å². The minimum absolute atomic E-state index is 0.149. The first-order chi connectivity index (χ1) is 7.60. The molecule has 0 fully saturated rings. The fourth-order valence-corrected chi connectivity index (χ4v) is 3.70. The van der Waals surface area contributed by atoms with E-state index in [-0.39, 0.29) is 5.25 Å². The lowest BCUT2D eigenvalue weighted by atomic mass is 10.1.